The smallest absolute Gasteiger partial charge is 0.335 e. The van der Waals surface area contributed by atoms with Crippen LogP contribution in [0.15, 0.2) is 48.5 Å². The van der Waals surface area contributed by atoms with E-state index in [9.17, 15) is 4.79 Å². The van der Waals surface area contributed by atoms with Gasteiger partial charge in [0, 0.05) is 17.6 Å². The third kappa shape index (κ3) is 5.89. The van der Waals surface area contributed by atoms with Crippen molar-refractivity contribution < 1.29 is 19.4 Å². The maximum Gasteiger partial charge on any atom is 0.335 e. The third-order valence-corrected chi connectivity index (χ3v) is 5.81. The summed E-state index contributed by atoms with van der Waals surface area (Å²) in [5.74, 6) is -0.0808. The monoisotopic (exact) mass is 499 g/mol. The Kier molecular flexibility index (Phi) is 7.79. The topological polar surface area (TPSA) is 67.8 Å². The van der Waals surface area contributed by atoms with E-state index in [1.54, 1.807) is 24.3 Å². The van der Waals surface area contributed by atoms with E-state index < -0.39 is 5.97 Å². The first-order chi connectivity index (χ1) is 14.8. The van der Waals surface area contributed by atoms with Crippen LogP contribution >= 0.6 is 46.4 Å². The zero-order valence-corrected chi connectivity index (χ0v) is 19.2. The van der Waals surface area contributed by atoms with Gasteiger partial charge in [-0.3, -0.25) is 0 Å². The van der Waals surface area contributed by atoms with Gasteiger partial charge in [-0.05, 0) is 47.5 Å². The molecule has 0 radical (unpaired) electrons. The lowest BCUT2D eigenvalue weighted by molar-refractivity contribution is 0.0697. The number of benzene rings is 3. The number of rotatable bonds is 8. The van der Waals surface area contributed by atoms with Crippen LogP contribution in [0.3, 0.4) is 0 Å². The number of hydrogen-bond acceptors (Lipinski definition) is 4. The molecule has 0 heterocycles. The Morgan fingerprint density at radius 2 is 1.65 bits per heavy atom. The predicted octanol–water partition coefficient (Wildman–Crippen LogP) is 7.20. The zero-order valence-electron chi connectivity index (χ0n) is 16.2. The van der Waals surface area contributed by atoms with Crippen LogP contribution in [0.5, 0.6) is 11.5 Å². The fraction of sp³-hybridized carbons (Fsp3) is 0.136. The van der Waals surface area contributed by atoms with Gasteiger partial charge in [-0.2, -0.15) is 0 Å². The molecule has 2 N–H and O–H groups in total. The van der Waals surface area contributed by atoms with Gasteiger partial charge in [-0.15, -0.1) is 0 Å². The molecular formula is C22H17Cl4NO4. The molecule has 0 aliphatic rings. The van der Waals surface area contributed by atoms with Crippen molar-refractivity contribution in [3.8, 4) is 11.5 Å². The van der Waals surface area contributed by atoms with Crippen LogP contribution < -0.4 is 14.8 Å². The number of ether oxygens (including phenoxy) is 2. The van der Waals surface area contributed by atoms with Crippen molar-refractivity contribution in [3.05, 3.63) is 85.3 Å². The lowest BCUT2D eigenvalue weighted by Crippen LogP contribution is -2.04. The van der Waals surface area contributed by atoms with Crippen molar-refractivity contribution >= 4 is 58.1 Å². The van der Waals surface area contributed by atoms with Gasteiger partial charge in [0.2, 0.25) is 0 Å². The highest BCUT2D eigenvalue weighted by atomic mass is 35.5. The number of methoxy groups -OCH3 is 1. The lowest BCUT2D eigenvalue weighted by Gasteiger charge is -2.15. The molecule has 3 rings (SSSR count). The fourth-order valence-electron chi connectivity index (χ4n) is 2.76. The molecule has 9 heteroatoms. The summed E-state index contributed by atoms with van der Waals surface area (Å²) < 4.78 is 11.3. The summed E-state index contributed by atoms with van der Waals surface area (Å²) in [6.07, 6.45) is 0. The fourth-order valence-corrected chi connectivity index (χ4v) is 3.49. The number of hydrogen-bond donors (Lipinski definition) is 2. The van der Waals surface area contributed by atoms with E-state index in [4.69, 9.17) is 61.0 Å². The Balaban J connectivity index is 1.75. The minimum atomic E-state index is -1.04. The summed E-state index contributed by atoms with van der Waals surface area (Å²) >= 11 is 24.6. The van der Waals surface area contributed by atoms with Crippen LogP contribution in [0.4, 0.5) is 5.69 Å². The van der Waals surface area contributed by atoms with Gasteiger partial charge in [-0.25, -0.2) is 4.79 Å². The molecule has 0 atom stereocenters. The zero-order chi connectivity index (χ0) is 22.5. The van der Waals surface area contributed by atoms with Crippen LogP contribution in [-0.2, 0) is 13.2 Å². The van der Waals surface area contributed by atoms with Gasteiger partial charge in [0.05, 0.1) is 33.4 Å². The molecule has 0 saturated heterocycles. The van der Waals surface area contributed by atoms with Crippen LogP contribution in [0.1, 0.15) is 21.5 Å². The Labute approximate surface area is 199 Å². The Morgan fingerprint density at radius 1 is 0.903 bits per heavy atom. The van der Waals surface area contributed by atoms with Crippen LogP contribution in [0.2, 0.25) is 20.1 Å². The van der Waals surface area contributed by atoms with Crippen molar-refractivity contribution in [1.82, 2.24) is 0 Å². The number of carbonyl (C=O) groups is 1. The second-order valence-electron chi connectivity index (χ2n) is 6.48. The van der Waals surface area contributed by atoms with Gasteiger partial charge < -0.3 is 19.9 Å². The summed E-state index contributed by atoms with van der Waals surface area (Å²) in [5, 5.41) is 14.0. The number of carboxylic acid groups (broad SMARTS) is 1. The number of anilines is 1. The average molecular weight is 501 g/mol. The molecular weight excluding hydrogens is 484 g/mol. The first-order valence-corrected chi connectivity index (χ1v) is 10.5. The van der Waals surface area contributed by atoms with Crippen LogP contribution in [0.25, 0.3) is 0 Å². The van der Waals surface area contributed by atoms with E-state index >= 15 is 0 Å². The van der Waals surface area contributed by atoms with Gasteiger partial charge in [0.1, 0.15) is 6.61 Å². The molecule has 5 nitrogen and oxygen atoms in total. The molecule has 3 aromatic carbocycles. The largest absolute Gasteiger partial charge is 0.493 e. The molecule has 0 unspecified atom stereocenters. The molecule has 0 aliphatic carbocycles. The number of aromatic carboxylic acids is 1. The number of carboxylic acids is 1. The van der Waals surface area contributed by atoms with E-state index in [0.29, 0.717) is 43.8 Å². The van der Waals surface area contributed by atoms with Crippen molar-refractivity contribution in [2.45, 2.75) is 13.2 Å². The minimum absolute atomic E-state index is 0.127. The average Bonchev–Trinajstić information content (AvgIpc) is 2.74. The van der Waals surface area contributed by atoms with E-state index in [0.717, 1.165) is 11.1 Å². The third-order valence-electron chi connectivity index (χ3n) is 4.39. The van der Waals surface area contributed by atoms with Gasteiger partial charge >= 0.3 is 5.97 Å². The van der Waals surface area contributed by atoms with Crippen molar-refractivity contribution in [1.29, 1.82) is 0 Å². The standard InChI is InChI=1S/C22H17Cl4NO4/c1-30-20-8-14(10-27-19-7-13(22(28)29)3-5-16(19)24)17(25)9-21(20)31-11-12-2-4-15(23)18(26)6-12/h2-9,27H,10-11H2,1H3,(H,28,29). The lowest BCUT2D eigenvalue weighted by atomic mass is 10.1. The molecule has 31 heavy (non-hydrogen) atoms. The molecule has 162 valence electrons. The van der Waals surface area contributed by atoms with E-state index in [-0.39, 0.29) is 12.2 Å². The van der Waals surface area contributed by atoms with E-state index in [2.05, 4.69) is 5.32 Å². The second kappa shape index (κ2) is 10.3. The Hall–Kier alpha value is -2.31. The molecule has 0 aromatic heterocycles. The first-order valence-electron chi connectivity index (χ1n) is 8.98. The van der Waals surface area contributed by atoms with E-state index in [1.807, 2.05) is 6.07 Å². The van der Waals surface area contributed by atoms with Gasteiger partial charge in [0.15, 0.2) is 11.5 Å². The molecule has 0 bridgehead atoms. The summed E-state index contributed by atoms with van der Waals surface area (Å²) in [6, 6.07) is 13.1. The number of nitrogens with one attached hydrogen (secondary N) is 1. The van der Waals surface area contributed by atoms with Gasteiger partial charge in [-0.1, -0.05) is 52.5 Å². The van der Waals surface area contributed by atoms with Crippen molar-refractivity contribution in [2.75, 3.05) is 12.4 Å². The first kappa shape index (κ1) is 23.4. The van der Waals surface area contributed by atoms with Crippen LogP contribution in [-0.4, -0.2) is 18.2 Å². The maximum absolute atomic E-state index is 11.2. The molecule has 0 amide bonds. The minimum Gasteiger partial charge on any atom is -0.493 e. The summed E-state index contributed by atoms with van der Waals surface area (Å²) in [4.78, 5) is 11.2. The quantitative estimate of drug-likeness (QED) is 0.342. The highest BCUT2D eigenvalue weighted by Crippen LogP contribution is 2.35. The maximum atomic E-state index is 11.2. The van der Waals surface area contributed by atoms with Crippen LogP contribution in [0, 0.1) is 0 Å². The molecule has 3 aromatic rings. The normalized spacial score (nSPS) is 10.6. The van der Waals surface area contributed by atoms with Crippen molar-refractivity contribution in [2.24, 2.45) is 0 Å². The molecule has 0 aliphatic heterocycles. The molecule has 0 saturated carbocycles. The Bertz CT molecular complexity index is 1120. The highest BCUT2D eigenvalue weighted by molar-refractivity contribution is 6.42. The van der Waals surface area contributed by atoms with Gasteiger partial charge in [0.25, 0.3) is 0 Å². The van der Waals surface area contributed by atoms with E-state index in [1.165, 1.54) is 25.3 Å². The Morgan fingerprint density at radius 3 is 2.32 bits per heavy atom. The second-order valence-corrected chi connectivity index (χ2v) is 8.11. The van der Waals surface area contributed by atoms with Crippen molar-refractivity contribution in [3.63, 3.8) is 0 Å². The summed E-state index contributed by atoms with van der Waals surface area (Å²) in [6.45, 7) is 0.545. The summed E-state index contributed by atoms with van der Waals surface area (Å²) in [7, 11) is 1.53. The molecule has 0 spiro atoms. The predicted molar refractivity (Wildman–Crippen MR) is 125 cm³/mol. The number of halogens is 4. The highest BCUT2D eigenvalue weighted by Gasteiger charge is 2.13. The molecule has 0 fully saturated rings. The SMILES string of the molecule is COc1cc(CNc2cc(C(=O)O)ccc2Cl)c(Cl)cc1OCc1ccc(Cl)c(Cl)c1. The summed E-state index contributed by atoms with van der Waals surface area (Å²) in [5.41, 5.74) is 2.17.